The first-order valence-electron chi connectivity index (χ1n) is 6.04. The van der Waals surface area contributed by atoms with E-state index in [9.17, 15) is 19.7 Å². The van der Waals surface area contributed by atoms with Gasteiger partial charge in [-0.25, -0.2) is 0 Å². The van der Waals surface area contributed by atoms with E-state index in [0.29, 0.717) is 0 Å². The summed E-state index contributed by atoms with van der Waals surface area (Å²) < 4.78 is 5.11. The van der Waals surface area contributed by atoms with Crippen molar-refractivity contribution < 1.29 is 19.2 Å². The van der Waals surface area contributed by atoms with Gasteiger partial charge < -0.3 is 15.4 Å². The first-order chi connectivity index (χ1) is 9.93. The molecule has 9 heteroatoms. The fourth-order valence-electron chi connectivity index (χ4n) is 2.11. The number of primary amides is 1. The highest BCUT2D eigenvalue weighted by Crippen LogP contribution is 2.29. The van der Waals surface area contributed by atoms with Gasteiger partial charge in [0.1, 0.15) is 16.6 Å². The van der Waals surface area contributed by atoms with Crippen LogP contribution in [0.3, 0.4) is 0 Å². The number of nitrogens with zero attached hydrogens (tertiary/aromatic N) is 2. The second kappa shape index (κ2) is 6.06. The number of carbonyl (C=O) groups excluding carboxylic acids is 2. The molecule has 0 bridgehead atoms. The van der Waals surface area contributed by atoms with Gasteiger partial charge in [-0.1, -0.05) is 17.7 Å². The van der Waals surface area contributed by atoms with Gasteiger partial charge in [-0.05, 0) is 12.1 Å². The summed E-state index contributed by atoms with van der Waals surface area (Å²) in [5.74, 6) is -1.40. The Morgan fingerprint density at radius 2 is 2.19 bits per heavy atom. The fraction of sp³-hybridized carbons (Fsp3) is 0.333. The summed E-state index contributed by atoms with van der Waals surface area (Å²) in [5.41, 5.74) is 4.56. The molecule has 1 aromatic carbocycles. The van der Waals surface area contributed by atoms with Crippen LogP contribution >= 0.6 is 11.6 Å². The third-order valence-corrected chi connectivity index (χ3v) is 3.42. The highest BCUT2D eigenvalue weighted by molar-refractivity contribution is 6.33. The molecular weight excluding hydrogens is 302 g/mol. The van der Waals surface area contributed by atoms with Crippen LogP contribution in [0.1, 0.15) is 10.4 Å². The molecule has 1 fully saturated rings. The molecule has 1 atom stereocenters. The zero-order chi connectivity index (χ0) is 15.6. The number of halogens is 1. The molecule has 1 unspecified atom stereocenters. The van der Waals surface area contributed by atoms with E-state index in [0.717, 1.165) is 0 Å². The molecule has 1 aliphatic heterocycles. The zero-order valence-corrected chi connectivity index (χ0v) is 11.6. The highest BCUT2D eigenvalue weighted by atomic mass is 35.5. The Bertz CT molecular complexity index is 607. The van der Waals surface area contributed by atoms with Gasteiger partial charge in [0, 0.05) is 6.54 Å². The molecule has 2 amide bonds. The average molecular weight is 314 g/mol. The van der Waals surface area contributed by atoms with Crippen LogP contribution in [-0.4, -0.2) is 47.4 Å². The van der Waals surface area contributed by atoms with E-state index in [2.05, 4.69) is 0 Å². The molecular formula is C12H12ClN3O5. The van der Waals surface area contributed by atoms with E-state index >= 15 is 0 Å². The van der Waals surface area contributed by atoms with Crippen molar-refractivity contribution >= 4 is 29.1 Å². The first kappa shape index (κ1) is 15.2. The lowest BCUT2D eigenvalue weighted by atomic mass is 10.1. The first-order valence-corrected chi connectivity index (χ1v) is 6.42. The van der Waals surface area contributed by atoms with Crippen LogP contribution < -0.4 is 5.73 Å². The number of carbonyl (C=O) groups is 2. The molecule has 2 N–H and O–H groups in total. The molecule has 1 heterocycles. The van der Waals surface area contributed by atoms with Crippen molar-refractivity contribution in [3.63, 3.8) is 0 Å². The third-order valence-electron chi connectivity index (χ3n) is 3.12. The molecule has 21 heavy (non-hydrogen) atoms. The Morgan fingerprint density at radius 1 is 1.48 bits per heavy atom. The summed E-state index contributed by atoms with van der Waals surface area (Å²) in [5, 5.41) is 10.9. The number of para-hydroxylation sites is 1. The van der Waals surface area contributed by atoms with Gasteiger partial charge in [-0.15, -0.1) is 0 Å². The molecule has 8 nitrogen and oxygen atoms in total. The van der Waals surface area contributed by atoms with Crippen molar-refractivity contribution in [2.24, 2.45) is 5.73 Å². The minimum atomic E-state index is -0.954. The summed E-state index contributed by atoms with van der Waals surface area (Å²) in [4.78, 5) is 35.4. The Balaban J connectivity index is 2.42. The van der Waals surface area contributed by atoms with Crippen molar-refractivity contribution in [1.29, 1.82) is 0 Å². The number of amides is 2. The largest absolute Gasteiger partial charge is 0.377 e. The second-order valence-corrected chi connectivity index (χ2v) is 4.79. The third kappa shape index (κ3) is 2.96. The quantitative estimate of drug-likeness (QED) is 0.647. The summed E-state index contributed by atoms with van der Waals surface area (Å²) in [6, 6.07) is 3.09. The maximum absolute atomic E-state index is 12.5. The van der Waals surface area contributed by atoms with Gasteiger partial charge in [0.25, 0.3) is 5.91 Å². The lowest BCUT2D eigenvalue weighted by Crippen LogP contribution is -2.54. The summed E-state index contributed by atoms with van der Waals surface area (Å²) in [6.07, 6.45) is 0. The summed E-state index contributed by atoms with van der Waals surface area (Å²) in [6.45, 7) is 0.315. The van der Waals surface area contributed by atoms with Crippen LogP contribution in [0.5, 0.6) is 0 Å². The van der Waals surface area contributed by atoms with Gasteiger partial charge >= 0.3 is 5.69 Å². The van der Waals surface area contributed by atoms with Crippen molar-refractivity contribution in [3.05, 3.63) is 38.9 Å². The number of rotatable bonds is 3. The van der Waals surface area contributed by atoms with Gasteiger partial charge in [0.05, 0.1) is 18.1 Å². The SMILES string of the molecule is NC(=O)C1COCCN1C(=O)c1cccc(Cl)c1[N+](=O)[O-]. The molecule has 1 saturated heterocycles. The predicted octanol–water partition coefficient (Wildman–Crippen LogP) is 0.575. The Hall–Kier alpha value is -2.19. The van der Waals surface area contributed by atoms with E-state index in [4.69, 9.17) is 22.1 Å². The topological polar surface area (TPSA) is 116 Å². The minimum Gasteiger partial charge on any atom is -0.377 e. The maximum Gasteiger partial charge on any atom is 0.300 e. The van der Waals surface area contributed by atoms with Crippen molar-refractivity contribution in [2.45, 2.75) is 6.04 Å². The molecule has 112 valence electrons. The number of morpholine rings is 1. The number of nitrogens with two attached hydrogens (primary N) is 1. The van der Waals surface area contributed by atoms with Crippen molar-refractivity contribution in [1.82, 2.24) is 4.90 Å². The van der Waals surface area contributed by atoms with E-state index < -0.39 is 28.5 Å². The smallest absolute Gasteiger partial charge is 0.300 e. The molecule has 0 aliphatic carbocycles. The monoisotopic (exact) mass is 313 g/mol. The standard InChI is InChI=1S/C12H12ClN3O5/c13-8-3-1-2-7(10(8)16(19)20)12(18)15-4-5-21-6-9(15)11(14)17/h1-3,9H,4-6H2,(H2,14,17). The number of nitro groups is 1. The normalized spacial score (nSPS) is 18.3. The Kier molecular flexibility index (Phi) is 4.39. The van der Waals surface area contributed by atoms with E-state index in [-0.39, 0.29) is 30.3 Å². The molecule has 1 aliphatic rings. The second-order valence-electron chi connectivity index (χ2n) is 4.38. The molecule has 0 radical (unpaired) electrons. The highest BCUT2D eigenvalue weighted by Gasteiger charge is 2.35. The number of ether oxygens (including phenoxy) is 1. The molecule has 0 saturated carbocycles. The number of hydrogen-bond donors (Lipinski definition) is 1. The van der Waals surface area contributed by atoms with Gasteiger partial charge in [0.2, 0.25) is 5.91 Å². The Labute approximate surface area is 124 Å². The minimum absolute atomic E-state index is 0.0323. The fourth-order valence-corrected chi connectivity index (χ4v) is 2.35. The van der Waals surface area contributed by atoms with Gasteiger partial charge in [-0.3, -0.25) is 19.7 Å². The maximum atomic E-state index is 12.5. The molecule has 0 spiro atoms. The predicted molar refractivity (Wildman–Crippen MR) is 72.9 cm³/mol. The summed E-state index contributed by atoms with van der Waals surface area (Å²) in [7, 11) is 0. The van der Waals surface area contributed by atoms with E-state index in [1.165, 1.54) is 23.1 Å². The van der Waals surface area contributed by atoms with Crippen LogP contribution in [0.4, 0.5) is 5.69 Å². The number of nitro benzene ring substituents is 1. The van der Waals surface area contributed by atoms with Crippen LogP contribution in [0.25, 0.3) is 0 Å². The van der Waals surface area contributed by atoms with Crippen molar-refractivity contribution in [2.75, 3.05) is 19.8 Å². The lowest BCUT2D eigenvalue weighted by Gasteiger charge is -2.33. The molecule has 1 aromatic rings. The van der Waals surface area contributed by atoms with Gasteiger partial charge in [-0.2, -0.15) is 0 Å². The Morgan fingerprint density at radius 3 is 2.81 bits per heavy atom. The van der Waals surface area contributed by atoms with E-state index in [1.807, 2.05) is 0 Å². The van der Waals surface area contributed by atoms with Gasteiger partial charge in [0.15, 0.2) is 0 Å². The molecule has 2 rings (SSSR count). The lowest BCUT2D eigenvalue weighted by molar-refractivity contribution is -0.385. The van der Waals surface area contributed by atoms with Crippen LogP contribution in [0.15, 0.2) is 18.2 Å². The van der Waals surface area contributed by atoms with Crippen LogP contribution in [0.2, 0.25) is 5.02 Å². The zero-order valence-electron chi connectivity index (χ0n) is 10.8. The molecule has 0 aromatic heterocycles. The van der Waals surface area contributed by atoms with Crippen molar-refractivity contribution in [3.8, 4) is 0 Å². The van der Waals surface area contributed by atoms with E-state index in [1.54, 1.807) is 0 Å². The van der Waals surface area contributed by atoms with Crippen LogP contribution in [-0.2, 0) is 9.53 Å². The summed E-state index contributed by atoms with van der Waals surface area (Å²) >= 11 is 5.78. The average Bonchev–Trinajstić information content (AvgIpc) is 2.45. The number of benzene rings is 1. The number of hydrogen-bond acceptors (Lipinski definition) is 5. The van der Waals surface area contributed by atoms with Crippen LogP contribution in [0, 0.1) is 10.1 Å².